The lowest BCUT2D eigenvalue weighted by Gasteiger charge is -2.16. The van der Waals surface area contributed by atoms with Crippen LogP contribution in [0, 0.1) is 0 Å². The van der Waals surface area contributed by atoms with Crippen LogP contribution in [-0.2, 0) is 0 Å². The Bertz CT molecular complexity index is 8000. The topological polar surface area (TPSA) is 61.9 Å². The van der Waals surface area contributed by atoms with Crippen molar-refractivity contribution in [1.82, 2.24) is 19.1 Å². The van der Waals surface area contributed by atoms with E-state index in [0.717, 1.165) is 121 Å². The Morgan fingerprint density at radius 2 is 0.526 bits per heavy atom. The minimum Gasteiger partial charge on any atom is -0.456 e. The van der Waals surface area contributed by atoms with E-state index in [1.165, 1.54) is 110 Å². The Labute approximate surface area is 667 Å². The van der Waals surface area contributed by atoms with Crippen LogP contribution in [0.5, 0.6) is 0 Å². The normalized spacial score (nSPS) is 11.8. The summed E-state index contributed by atoms with van der Waals surface area (Å²) in [5.41, 5.74) is 30.8. The average Bonchev–Trinajstić information content (AvgIpc) is 1.26. The Kier molecular flexibility index (Phi) is 15.5. The molecule has 6 heteroatoms. The highest BCUT2D eigenvalue weighted by atomic mass is 16.3. The fourth-order valence-corrected chi connectivity index (χ4v) is 18.3. The van der Waals surface area contributed by atoms with Crippen LogP contribution in [-0.4, -0.2) is 19.1 Å². The molecular formula is C110H68N4O2. The number of fused-ring (bicyclic) bond motifs is 18. The van der Waals surface area contributed by atoms with E-state index in [0.29, 0.717) is 0 Å². The molecule has 24 aromatic rings. The molecule has 0 amide bonds. The lowest BCUT2D eigenvalue weighted by molar-refractivity contribution is 0.669. The summed E-state index contributed by atoms with van der Waals surface area (Å²) in [6.45, 7) is 0. The summed E-state index contributed by atoms with van der Waals surface area (Å²) in [5, 5.41) is 16.3. The van der Waals surface area contributed by atoms with Gasteiger partial charge in [-0.2, -0.15) is 0 Å². The van der Waals surface area contributed by atoms with Gasteiger partial charge < -0.3 is 18.0 Å². The maximum absolute atomic E-state index is 6.61. The zero-order valence-electron chi connectivity index (χ0n) is 62.9. The molecule has 18 aromatic carbocycles. The summed E-state index contributed by atoms with van der Waals surface area (Å²) in [7, 11) is 0. The monoisotopic (exact) mass is 1480 g/mol. The number of hydrogen-bond donors (Lipinski definition) is 0. The second-order valence-corrected chi connectivity index (χ2v) is 30.1. The zero-order valence-corrected chi connectivity index (χ0v) is 62.9. The number of para-hydroxylation sites is 8. The average molecular weight is 1480 g/mol. The molecule has 0 unspecified atom stereocenters. The zero-order chi connectivity index (χ0) is 76.3. The van der Waals surface area contributed by atoms with Crippen molar-refractivity contribution in [2.45, 2.75) is 0 Å². The van der Waals surface area contributed by atoms with Crippen LogP contribution in [0.15, 0.2) is 421 Å². The van der Waals surface area contributed by atoms with E-state index >= 15 is 0 Å². The van der Waals surface area contributed by atoms with Crippen LogP contribution in [0.3, 0.4) is 0 Å². The highest BCUT2D eigenvalue weighted by molar-refractivity contribution is 6.30. The summed E-state index contributed by atoms with van der Waals surface area (Å²) in [4.78, 5) is 10.5. The minimum absolute atomic E-state index is 0.861. The van der Waals surface area contributed by atoms with Crippen molar-refractivity contribution in [3.05, 3.63) is 413 Å². The van der Waals surface area contributed by atoms with E-state index in [1.807, 2.05) is 12.1 Å². The third-order valence-corrected chi connectivity index (χ3v) is 23.6. The van der Waals surface area contributed by atoms with Crippen molar-refractivity contribution in [1.29, 1.82) is 0 Å². The molecule has 0 aliphatic carbocycles. The van der Waals surface area contributed by atoms with Gasteiger partial charge in [0, 0.05) is 109 Å². The van der Waals surface area contributed by atoms with Gasteiger partial charge in [0.15, 0.2) is 0 Å². The van der Waals surface area contributed by atoms with E-state index < -0.39 is 0 Å². The van der Waals surface area contributed by atoms with Crippen LogP contribution >= 0.6 is 0 Å². The molecule has 24 rings (SSSR count). The number of rotatable bonds is 10. The van der Waals surface area contributed by atoms with Crippen LogP contribution in [0.2, 0.25) is 0 Å². The van der Waals surface area contributed by atoms with Crippen molar-refractivity contribution in [3.63, 3.8) is 0 Å². The second-order valence-electron chi connectivity index (χ2n) is 30.1. The van der Waals surface area contributed by atoms with Crippen LogP contribution in [0.4, 0.5) is 0 Å². The summed E-state index contributed by atoms with van der Waals surface area (Å²) in [6, 6.07) is 147. The van der Waals surface area contributed by atoms with Gasteiger partial charge in [0.05, 0.1) is 44.5 Å². The van der Waals surface area contributed by atoms with Crippen LogP contribution in [0.1, 0.15) is 0 Å². The largest absolute Gasteiger partial charge is 0.456 e. The summed E-state index contributed by atoms with van der Waals surface area (Å²) >= 11 is 0. The molecule has 540 valence electrons. The van der Waals surface area contributed by atoms with Crippen molar-refractivity contribution in [2.24, 2.45) is 0 Å². The molecule has 0 atom stereocenters. The summed E-state index contributed by atoms with van der Waals surface area (Å²) in [5.74, 6) is 0. The van der Waals surface area contributed by atoms with Gasteiger partial charge in [0.25, 0.3) is 0 Å². The SMILES string of the molecule is c1ccc(-c2nc3ccccc3c3c(-c4ccc(-c5ccc(-c6ccc7c(c6)c6ccccc6n7-c6ccccc6)cc5)cc4)c4c(cc23)oc2ccccc24)cc1.c1ccc(-c2nc3ccccc3c3c(-c4ccc(-c5ccc(-c6cccc7c6c6ccccc6n7-c6ccccc6)cc5)cc4)c4c(cc23)oc2ccccc24)cc1. The molecule has 6 nitrogen and oxygen atoms in total. The van der Waals surface area contributed by atoms with E-state index in [2.05, 4.69) is 410 Å². The van der Waals surface area contributed by atoms with Crippen LogP contribution in [0.25, 0.3) is 231 Å². The first-order valence-electron chi connectivity index (χ1n) is 39.6. The fourth-order valence-electron chi connectivity index (χ4n) is 18.3. The quantitative estimate of drug-likeness (QED) is 0.128. The molecule has 0 bridgehead atoms. The van der Waals surface area contributed by atoms with Gasteiger partial charge in [-0.3, -0.25) is 0 Å². The molecule has 0 radical (unpaired) electrons. The second kappa shape index (κ2) is 27.2. The Balaban J connectivity index is 0.000000137. The van der Waals surface area contributed by atoms with E-state index in [1.54, 1.807) is 0 Å². The maximum atomic E-state index is 6.61. The molecule has 0 fully saturated rings. The first-order chi connectivity index (χ1) is 57.5. The first kappa shape index (κ1) is 66.3. The van der Waals surface area contributed by atoms with Gasteiger partial charge in [0.1, 0.15) is 22.3 Å². The van der Waals surface area contributed by atoms with Crippen molar-refractivity contribution in [3.8, 4) is 101 Å². The molecule has 0 N–H and O–H groups in total. The van der Waals surface area contributed by atoms with E-state index in [9.17, 15) is 0 Å². The Morgan fingerprint density at radius 3 is 1.01 bits per heavy atom. The highest BCUT2D eigenvalue weighted by Gasteiger charge is 2.26. The van der Waals surface area contributed by atoms with Crippen molar-refractivity contribution in [2.75, 3.05) is 0 Å². The van der Waals surface area contributed by atoms with E-state index in [4.69, 9.17) is 18.8 Å². The van der Waals surface area contributed by atoms with Gasteiger partial charge in [-0.25, -0.2) is 9.97 Å². The predicted molar refractivity (Wildman–Crippen MR) is 485 cm³/mol. The highest BCUT2D eigenvalue weighted by Crippen LogP contribution is 2.50. The third-order valence-electron chi connectivity index (χ3n) is 23.6. The van der Waals surface area contributed by atoms with Gasteiger partial charge >= 0.3 is 0 Å². The smallest absolute Gasteiger partial charge is 0.136 e. The standard InChI is InChI=1S/2C55H34N2O/c1-3-14-39(15-4-1)55-45-34-50-54(44-20-9-12-25-49(44)58-50)51(53(45)42-18-7-10-22-46(42)56-55)38-32-28-36(29-33-38)35-26-30-37(31-27-35)41-21-13-24-48-52(41)43-19-8-11-23-47(43)57(48)40-16-5-2-6-17-40;1-3-13-39(14-4-1)55-46-34-51-54(44-19-9-12-22-50(44)58-51)52(53(46)43-18-7-10-20-47(43)56-55)38-29-27-36(28-30-38)35-23-25-37(26-24-35)40-31-32-49-45(33-40)42-17-8-11-21-48(42)57(49)41-15-5-2-6-16-41/h2*1-34H. The first-order valence-corrected chi connectivity index (χ1v) is 39.6. The molecule has 6 aromatic heterocycles. The molecule has 0 spiro atoms. The molecule has 0 saturated carbocycles. The van der Waals surface area contributed by atoms with Gasteiger partial charge in [-0.1, -0.05) is 322 Å². The number of pyridine rings is 2. The Hall–Kier alpha value is -15.5. The van der Waals surface area contributed by atoms with Crippen molar-refractivity contribution >= 4 is 131 Å². The molecule has 0 aliphatic rings. The number of nitrogens with zero attached hydrogens (tertiary/aromatic N) is 4. The van der Waals surface area contributed by atoms with E-state index in [-0.39, 0.29) is 0 Å². The fraction of sp³-hybridized carbons (Fsp3) is 0. The molecule has 6 heterocycles. The number of benzene rings is 18. The number of hydrogen-bond acceptors (Lipinski definition) is 4. The molecule has 116 heavy (non-hydrogen) atoms. The summed E-state index contributed by atoms with van der Waals surface area (Å²) < 4.78 is 18.0. The lowest BCUT2D eigenvalue weighted by Crippen LogP contribution is -1.93. The molecule has 0 aliphatic heterocycles. The minimum atomic E-state index is 0.861. The molecule has 0 saturated heterocycles. The third kappa shape index (κ3) is 10.9. The van der Waals surface area contributed by atoms with Crippen molar-refractivity contribution < 1.29 is 8.83 Å². The van der Waals surface area contributed by atoms with Gasteiger partial charge in [-0.15, -0.1) is 0 Å². The van der Waals surface area contributed by atoms with Crippen LogP contribution < -0.4 is 0 Å². The molecular weight excluding hydrogens is 1410 g/mol. The lowest BCUT2D eigenvalue weighted by atomic mass is 9.89. The number of furan rings is 2. The maximum Gasteiger partial charge on any atom is 0.136 e. The Morgan fingerprint density at radius 1 is 0.181 bits per heavy atom. The van der Waals surface area contributed by atoms with Gasteiger partial charge in [0.2, 0.25) is 0 Å². The number of aromatic nitrogens is 4. The van der Waals surface area contributed by atoms with Gasteiger partial charge in [-0.05, 0) is 147 Å². The predicted octanol–water partition coefficient (Wildman–Crippen LogP) is 30.1. The summed E-state index contributed by atoms with van der Waals surface area (Å²) in [6.07, 6.45) is 0.